The number of aromatic nitrogens is 1. The maximum atomic E-state index is 12.4. The third-order valence-electron chi connectivity index (χ3n) is 3.66. The Bertz CT molecular complexity index is 944. The van der Waals surface area contributed by atoms with Crippen LogP contribution in [0.3, 0.4) is 0 Å². The van der Waals surface area contributed by atoms with Gasteiger partial charge in [0, 0.05) is 22.7 Å². The highest BCUT2D eigenvalue weighted by Gasteiger charge is 2.12. The molecule has 0 fully saturated rings. The summed E-state index contributed by atoms with van der Waals surface area (Å²) in [5.74, 6) is 0.273. The van der Waals surface area contributed by atoms with Crippen molar-refractivity contribution in [1.29, 1.82) is 0 Å². The Morgan fingerprint density at radius 2 is 1.91 bits per heavy atom. The third kappa shape index (κ3) is 2.94. The molecule has 0 atom stereocenters. The first-order valence-corrected chi connectivity index (χ1v) is 7.16. The van der Waals surface area contributed by atoms with Crippen LogP contribution in [0.1, 0.15) is 15.9 Å². The van der Waals surface area contributed by atoms with E-state index in [1.807, 2.05) is 19.1 Å². The van der Waals surface area contributed by atoms with Crippen molar-refractivity contribution in [3.63, 3.8) is 0 Å². The smallest absolute Gasteiger partial charge is 0.259 e. The summed E-state index contributed by atoms with van der Waals surface area (Å²) in [6, 6.07) is 14.0. The molecule has 2 N–H and O–H groups in total. The van der Waals surface area contributed by atoms with Crippen LogP contribution in [0.15, 0.2) is 53.3 Å². The molecule has 0 aliphatic carbocycles. The van der Waals surface area contributed by atoms with Gasteiger partial charge in [0.05, 0.1) is 12.7 Å². The van der Waals surface area contributed by atoms with Crippen molar-refractivity contribution in [3.8, 4) is 5.75 Å². The SMILES string of the molecule is COc1ccccc1C(=O)Nc1ccc2[nH]c(=O)cc(C)c2c1. The number of aryl methyl sites for hydroxylation is 1. The van der Waals surface area contributed by atoms with E-state index in [0.29, 0.717) is 17.0 Å². The Morgan fingerprint density at radius 3 is 2.70 bits per heavy atom. The average Bonchev–Trinajstić information content (AvgIpc) is 2.55. The van der Waals surface area contributed by atoms with Gasteiger partial charge in [-0.1, -0.05) is 12.1 Å². The first-order chi connectivity index (χ1) is 11.1. The maximum absolute atomic E-state index is 12.4. The average molecular weight is 308 g/mol. The van der Waals surface area contributed by atoms with Gasteiger partial charge in [0.1, 0.15) is 5.75 Å². The lowest BCUT2D eigenvalue weighted by Gasteiger charge is -2.10. The molecule has 3 rings (SSSR count). The normalized spacial score (nSPS) is 10.5. The highest BCUT2D eigenvalue weighted by Crippen LogP contribution is 2.22. The lowest BCUT2D eigenvalue weighted by molar-refractivity contribution is 0.102. The molecule has 116 valence electrons. The summed E-state index contributed by atoms with van der Waals surface area (Å²) < 4.78 is 5.21. The van der Waals surface area contributed by atoms with Crippen molar-refractivity contribution in [2.24, 2.45) is 0 Å². The van der Waals surface area contributed by atoms with E-state index in [0.717, 1.165) is 16.5 Å². The minimum Gasteiger partial charge on any atom is -0.496 e. The summed E-state index contributed by atoms with van der Waals surface area (Å²) in [7, 11) is 1.53. The number of methoxy groups -OCH3 is 1. The molecule has 2 aromatic carbocycles. The molecule has 1 heterocycles. The van der Waals surface area contributed by atoms with Gasteiger partial charge in [-0.3, -0.25) is 9.59 Å². The number of amides is 1. The highest BCUT2D eigenvalue weighted by atomic mass is 16.5. The molecule has 5 nitrogen and oxygen atoms in total. The van der Waals surface area contributed by atoms with Crippen molar-refractivity contribution in [3.05, 3.63) is 70.0 Å². The van der Waals surface area contributed by atoms with Gasteiger partial charge in [-0.2, -0.15) is 0 Å². The number of carbonyl (C=O) groups is 1. The summed E-state index contributed by atoms with van der Waals surface area (Å²) in [5.41, 5.74) is 2.58. The van der Waals surface area contributed by atoms with E-state index >= 15 is 0 Å². The summed E-state index contributed by atoms with van der Waals surface area (Å²) in [5, 5.41) is 3.75. The number of pyridine rings is 1. The molecule has 0 aliphatic heterocycles. The molecule has 5 heteroatoms. The van der Waals surface area contributed by atoms with Crippen molar-refractivity contribution in [2.75, 3.05) is 12.4 Å². The first kappa shape index (κ1) is 14.8. The molecule has 0 unspecified atom stereocenters. The van der Waals surface area contributed by atoms with E-state index in [1.54, 1.807) is 30.3 Å². The topological polar surface area (TPSA) is 71.2 Å². The predicted octanol–water partition coefficient (Wildman–Crippen LogP) is 3.10. The maximum Gasteiger partial charge on any atom is 0.259 e. The molecule has 0 radical (unpaired) electrons. The molecule has 3 aromatic rings. The van der Waals surface area contributed by atoms with Crippen LogP contribution in [0, 0.1) is 6.92 Å². The monoisotopic (exact) mass is 308 g/mol. The second-order valence-corrected chi connectivity index (χ2v) is 5.23. The third-order valence-corrected chi connectivity index (χ3v) is 3.66. The Kier molecular flexibility index (Phi) is 3.85. The molecule has 23 heavy (non-hydrogen) atoms. The number of carbonyl (C=O) groups excluding carboxylic acids is 1. The van der Waals surface area contributed by atoms with Crippen LogP contribution in [0.25, 0.3) is 10.9 Å². The number of para-hydroxylation sites is 1. The zero-order valence-corrected chi connectivity index (χ0v) is 12.8. The van der Waals surface area contributed by atoms with Crippen molar-refractivity contribution >= 4 is 22.5 Å². The number of aromatic amines is 1. The molecule has 1 amide bonds. The number of nitrogens with one attached hydrogen (secondary N) is 2. The fraction of sp³-hybridized carbons (Fsp3) is 0.111. The lowest BCUT2D eigenvalue weighted by Crippen LogP contribution is -2.13. The van der Waals surface area contributed by atoms with Crippen LogP contribution in [0.2, 0.25) is 0 Å². The number of anilines is 1. The van der Waals surface area contributed by atoms with Crippen molar-refractivity contribution in [2.45, 2.75) is 6.92 Å². The second kappa shape index (κ2) is 5.96. The number of ether oxygens (including phenoxy) is 1. The predicted molar refractivity (Wildman–Crippen MR) is 90.3 cm³/mol. The van der Waals surface area contributed by atoms with Gasteiger partial charge in [-0.25, -0.2) is 0 Å². The molecule has 0 bridgehead atoms. The van der Waals surface area contributed by atoms with Gasteiger partial charge >= 0.3 is 0 Å². The van der Waals surface area contributed by atoms with E-state index in [2.05, 4.69) is 10.3 Å². The fourth-order valence-corrected chi connectivity index (χ4v) is 2.53. The Morgan fingerprint density at radius 1 is 1.13 bits per heavy atom. The standard InChI is InChI=1S/C18H16N2O3/c1-11-9-17(21)20-15-8-7-12(10-14(11)15)19-18(22)13-5-3-4-6-16(13)23-2/h3-10H,1-2H3,(H,19,22)(H,20,21). The molecule has 1 aromatic heterocycles. The van der Waals surface area contributed by atoms with Gasteiger partial charge < -0.3 is 15.0 Å². The first-order valence-electron chi connectivity index (χ1n) is 7.16. The van der Waals surface area contributed by atoms with Crippen LogP contribution in [-0.4, -0.2) is 18.0 Å². The summed E-state index contributed by atoms with van der Waals surface area (Å²) in [6.45, 7) is 1.86. The Hall–Kier alpha value is -3.08. The number of fused-ring (bicyclic) bond motifs is 1. The zero-order valence-electron chi connectivity index (χ0n) is 12.8. The Labute approximate surface area is 132 Å². The number of H-pyrrole nitrogens is 1. The van der Waals surface area contributed by atoms with Gasteiger partial charge in [-0.15, -0.1) is 0 Å². The molecule has 0 aliphatic rings. The number of hydrogen-bond acceptors (Lipinski definition) is 3. The summed E-state index contributed by atoms with van der Waals surface area (Å²) in [6.07, 6.45) is 0. The molecule has 0 spiro atoms. The van der Waals surface area contributed by atoms with Crippen LogP contribution >= 0.6 is 0 Å². The Balaban J connectivity index is 1.95. The number of hydrogen-bond donors (Lipinski definition) is 2. The fourth-order valence-electron chi connectivity index (χ4n) is 2.53. The summed E-state index contributed by atoms with van der Waals surface area (Å²) >= 11 is 0. The van der Waals surface area contributed by atoms with Crippen LogP contribution < -0.4 is 15.6 Å². The van der Waals surface area contributed by atoms with Crippen LogP contribution in [0.5, 0.6) is 5.75 Å². The molecule has 0 saturated heterocycles. The number of rotatable bonds is 3. The van der Waals surface area contributed by atoms with E-state index in [4.69, 9.17) is 4.74 Å². The van der Waals surface area contributed by atoms with Crippen molar-refractivity contribution in [1.82, 2.24) is 4.98 Å². The van der Waals surface area contributed by atoms with E-state index in [9.17, 15) is 9.59 Å². The largest absolute Gasteiger partial charge is 0.496 e. The lowest BCUT2D eigenvalue weighted by atomic mass is 10.1. The summed E-state index contributed by atoms with van der Waals surface area (Å²) in [4.78, 5) is 26.7. The second-order valence-electron chi connectivity index (χ2n) is 5.23. The highest BCUT2D eigenvalue weighted by molar-refractivity contribution is 6.07. The quantitative estimate of drug-likeness (QED) is 0.781. The van der Waals surface area contributed by atoms with Gasteiger partial charge in [0.25, 0.3) is 5.91 Å². The minimum absolute atomic E-state index is 0.138. The van der Waals surface area contributed by atoms with Gasteiger partial charge in [0.15, 0.2) is 0 Å². The van der Waals surface area contributed by atoms with Crippen LogP contribution in [0.4, 0.5) is 5.69 Å². The van der Waals surface area contributed by atoms with E-state index < -0.39 is 0 Å². The van der Waals surface area contributed by atoms with Crippen molar-refractivity contribution < 1.29 is 9.53 Å². The van der Waals surface area contributed by atoms with Gasteiger partial charge in [-0.05, 0) is 42.8 Å². The van der Waals surface area contributed by atoms with E-state index in [1.165, 1.54) is 13.2 Å². The van der Waals surface area contributed by atoms with Crippen LogP contribution in [-0.2, 0) is 0 Å². The van der Waals surface area contributed by atoms with Gasteiger partial charge in [0.2, 0.25) is 5.56 Å². The van der Waals surface area contributed by atoms with E-state index in [-0.39, 0.29) is 11.5 Å². The molecular formula is C18H16N2O3. The zero-order chi connectivity index (χ0) is 16.4. The minimum atomic E-state index is -0.246. The number of benzene rings is 2. The molecule has 0 saturated carbocycles. The molecular weight excluding hydrogens is 292 g/mol.